The van der Waals surface area contributed by atoms with Crippen molar-refractivity contribution >= 4 is 41.0 Å². The standard InChI is InChI=1S/C26H30N8S/c1-27-22(18-4-5-18)15-35-16-31-23-12-19(6-7-30-23)25-32-21-14-29-13-20(17-2-3-17)24(21)26(33-25)34-10-8-28-9-11-34/h6-7,12-15,17-18,28H,1-5,8-11,16H2,(H,30,31)/b22-15-. The monoisotopic (exact) mass is 486 g/mol. The minimum atomic E-state index is 0.585. The lowest BCUT2D eigenvalue weighted by Crippen LogP contribution is -2.44. The van der Waals surface area contributed by atoms with E-state index in [2.05, 4.69) is 42.6 Å². The lowest BCUT2D eigenvalue weighted by Gasteiger charge is -2.30. The molecule has 0 radical (unpaired) electrons. The Labute approximate surface area is 209 Å². The second-order valence-corrected chi connectivity index (χ2v) is 10.3. The van der Waals surface area contributed by atoms with Gasteiger partial charge in [0.15, 0.2) is 5.82 Å². The van der Waals surface area contributed by atoms with E-state index in [-0.39, 0.29) is 0 Å². The van der Waals surface area contributed by atoms with Gasteiger partial charge in [0.2, 0.25) is 0 Å². The van der Waals surface area contributed by atoms with Gasteiger partial charge in [0, 0.05) is 61.1 Å². The van der Waals surface area contributed by atoms with E-state index >= 15 is 0 Å². The van der Waals surface area contributed by atoms with Gasteiger partial charge < -0.3 is 15.5 Å². The quantitative estimate of drug-likeness (QED) is 0.261. The van der Waals surface area contributed by atoms with E-state index < -0.39 is 0 Å². The molecule has 0 bridgehead atoms. The van der Waals surface area contributed by atoms with E-state index in [1.54, 1.807) is 11.8 Å². The van der Waals surface area contributed by atoms with Gasteiger partial charge >= 0.3 is 0 Å². The highest BCUT2D eigenvalue weighted by Gasteiger charge is 2.29. The van der Waals surface area contributed by atoms with Crippen molar-refractivity contribution in [3.05, 3.63) is 47.4 Å². The Morgan fingerprint density at radius 1 is 1.20 bits per heavy atom. The molecule has 2 aliphatic carbocycles. The molecule has 0 spiro atoms. The van der Waals surface area contributed by atoms with Gasteiger partial charge in [0.05, 0.1) is 17.6 Å². The van der Waals surface area contributed by atoms with Crippen LogP contribution in [0.2, 0.25) is 0 Å². The number of hydrogen-bond donors (Lipinski definition) is 2. The highest BCUT2D eigenvalue weighted by atomic mass is 32.2. The first-order valence-corrected chi connectivity index (χ1v) is 13.4. The van der Waals surface area contributed by atoms with Crippen LogP contribution in [0.25, 0.3) is 22.3 Å². The summed E-state index contributed by atoms with van der Waals surface area (Å²) in [7, 11) is 0. The SMILES string of the molecule is C=N/C(=C\SCNc1cc(-c2nc(N3CCNCC3)c3c(C4CC4)cncc3n2)ccn1)C1CC1. The third kappa shape index (κ3) is 5.01. The van der Waals surface area contributed by atoms with Crippen LogP contribution in [0, 0.1) is 5.92 Å². The lowest BCUT2D eigenvalue weighted by molar-refractivity contribution is 0.586. The number of thioether (sulfide) groups is 1. The van der Waals surface area contributed by atoms with Gasteiger partial charge in [-0.25, -0.2) is 15.0 Å². The van der Waals surface area contributed by atoms with E-state index in [4.69, 9.17) is 9.97 Å². The molecule has 0 aromatic carbocycles. The minimum absolute atomic E-state index is 0.585. The van der Waals surface area contributed by atoms with Crippen LogP contribution in [0.4, 0.5) is 11.6 Å². The Bertz CT molecular complexity index is 1260. The summed E-state index contributed by atoms with van der Waals surface area (Å²) in [5.41, 5.74) is 4.26. The number of pyridine rings is 2. The van der Waals surface area contributed by atoms with E-state index in [1.807, 2.05) is 30.7 Å². The van der Waals surface area contributed by atoms with Crippen LogP contribution in [-0.2, 0) is 0 Å². The maximum absolute atomic E-state index is 5.13. The third-order valence-corrected chi connectivity index (χ3v) is 7.51. The summed E-state index contributed by atoms with van der Waals surface area (Å²) < 4.78 is 0. The molecule has 3 aliphatic rings. The molecule has 0 unspecified atom stereocenters. The number of aromatic nitrogens is 4. The molecule has 3 fully saturated rings. The number of hydrogen-bond acceptors (Lipinski definition) is 9. The summed E-state index contributed by atoms with van der Waals surface area (Å²) in [6.45, 7) is 7.50. The molecule has 35 heavy (non-hydrogen) atoms. The smallest absolute Gasteiger partial charge is 0.162 e. The first kappa shape index (κ1) is 22.4. The molecule has 3 aromatic heterocycles. The van der Waals surface area contributed by atoms with Crippen molar-refractivity contribution in [2.75, 3.05) is 42.3 Å². The fourth-order valence-corrected chi connectivity index (χ4v) is 5.33. The summed E-state index contributed by atoms with van der Waals surface area (Å²) in [5.74, 6) is 4.45. The van der Waals surface area contributed by atoms with Gasteiger partial charge in [-0.05, 0) is 61.4 Å². The molecule has 180 valence electrons. The zero-order valence-corrected chi connectivity index (χ0v) is 20.6. The number of fused-ring (bicyclic) bond motifs is 1. The van der Waals surface area contributed by atoms with Gasteiger partial charge in [-0.3, -0.25) is 9.98 Å². The Morgan fingerprint density at radius 2 is 2.06 bits per heavy atom. The van der Waals surface area contributed by atoms with Crippen LogP contribution in [0.5, 0.6) is 0 Å². The fourth-order valence-electron chi connectivity index (χ4n) is 4.58. The molecule has 0 amide bonds. The molecule has 4 heterocycles. The van der Waals surface area contributed by atoms with Crippen molar-refractivity contribution in [3.63, 3.8) is 0 Å². The number of nitrogens with one attached hydrogen (secondary N) is 2. The minimum Gasteiger partial charge on any atom is -0.361 e. The highest BCUT2D eigenvalue weighted by Crippen LogP contribution is 2.45. The van der Waals surface area contributed by atoms with Crippen molar-refractivity contribution in [1.82, 2.24) is 25.3 Å². The molecule has 1 saturated heterocycles. The van der Waals surface area contributed by atoms with Crippen molar-refractivity contribution in [3.8, 4) is 11.4 Å². The maximum atomic E-state index is 5.13. The van der Waals surface area contributed by atoms with Gasteiger partial charge in [0.25, 0.3) is 0 Å². The normalized spacial score (nSPS) is 18.6. The van der Waals surface area contributed by atoms with Crippen LogP contribution in [0.15, 0.2) is 46.8 Å². The fraction of sp³-hybridized carbons (Fsp3) is 0.423. The first-order valence-electron chi connectivity index (χ1n) is 12.4. The number of rotatable bonds is 9. The second kappa shape index (κ2) is 9.91. The number of nitrogens with zero attached hydrogens (tertiary/aromatic N) is 6. The van der Waals surface area contributed by atoms with Gasteiger partial charge in [-0.2, -0.15) is 0 Å². The number of piperazine rings is 1. The Kier molecular flexibility index (Phi) is 6.35. The molecule has 3 aromatic rings. The highest BCUT2D eigenvalue weighted by molar-refractivity contribution is 8.02. The summed E-state index contributed by atoms with van der Waals surface area (Å²) in [5, 5.41) is 10.1. The van der Waals surface area contributed by atoms with Crippen LogP contribution in [-0.4, -0.2) is 58.7 Å². The van der Waals surface area contributed by atoms with Gasteiger partial charge in [-0.15, -0.1) is 11.8 Å². The largest absolute Gasteiger partial charge is 0.361 e. The topological polar surface area (TPSA) is 91.2 Å². The summed E-state index contributed by atoms with van der Waals surface area (Å²) in [4.78, 5) is 25.7. The van der Waals surface area contributed by atoms with Crippen molar-refractivity contribution in [2.45, 2.75) is 31.6 Å². The summed E-state index contributed by atoms with van der Waals surface area (Å²) in [6, 6.07) is 4.00. The molecular formula is C26H30N8S. The van der Waals surface area contributed by atoms with Crippen LogP contribution < -0.4 is 15.5 Å². The third-order valence-electron chi connectivity index (χ3n) is 6.79. The molecule has 9 heteroatoms. The van der Waals surface area contributed by atoms with Crippen molar-refractivity contribution in [2.24, 2.45) is 10.9 Å². The van der Waals surface area contributed by atoms with Crippen molar-refractivity contribution in [1.29, 1.82) is 0 Å². The lowest BCUT2D eigenvalue weighted by atomic mass is 10.1. The van der Waals surface area contributed by atoms with E-state index in [1.165, 1.54) is 36.6 Å². The Hall–Kier alpha value is -3.04. The molecule has 1 aliphatic heterocycles. The second-order valence-electron chi connectivity index (χ2n) is 9.40. The summed E-state index contributed by atoms with van der Waals surface area (Å²) in [6.07, 6.45) is 10.6. The number of anilines is 2. The molecule has 2 saturated carbocycles. The Morgan fingerprint density at radius 3 is 2.83 bits per heavy atom. The Balaban J connectivity index is 1.29. The van der Waals surface area contributed by atoms with Crippen molar-refractivity contribution < 1.29 is 0 Å². The van der Waals surface area contributed by atoms with E-state index in [0.29, 0.717) is 23.5 Å². The van der Waals surface area contributed by atoms with Crippen LogP contribution in [0.3, 0.4) is 0 Å². The van der Waals surface area contributed by atoms with Gasteiger partial charge in [0.1, 0.15) is 11.6 Å². The van der Waals surface area contributed by atoms with Gasteiger partial charge in [-0.1, -0.05) is 0 Å². The van der Waals surface area contributed by atoms with E-state index in [0.717, 1.165) is 54.6 Å². The van der Waals surface area contributed by atoms with Crippen LogP contribution in [0.1, 0.15) is 37.2 Å². The zero-order valence-electron chi connectivity index (χ0n) is 19.8. The molecule has 2 N–H and O–H groups in total. The molecule has 0 atom stereocenters. The maximum Gasteiger partial charge on any atom is 0.162 e. The van der Waals surface area contributed by atoms with Crippen LogP contribution >= 0.6 is 11.8 Å². The molecule has 8 nitrogen and oxygen atoms in total. The molecular weight excluding hydrogens is 456 g/mol. The predicted octanol–water partition coefficient (Wildman–Crippen LogP) is 4.43. The predicted molar refractivity (Wildman–Crippen MR) is 144 cm³/mol. The number of allylic oxidation sites excluding steroid dienone is 1. The van der Waals surface area contributed by atoms with E-state index in [9.17, 15) is 0 Å². The average molecular weight is 487 g/mol. The zero-order chi connectivity index (χ0) is 23.6. The average Bonchev–Trinajstić information content (AvgIpc) is 3.82. The first-order chi connectivity index (χ1) is 17.3. The number of aliphatic imine (C=N–C) groups is 1. The molecule has 6 rings (SSSR count). The summed E-state index contributed by atoms with van der Waals surface area (Å²) >= 11 is 1.69.